The average Bonchev–Trinajstić information content (AvgIpc) is 2.20. The zero-order chi connectivity index (χ0) is 12.4. The summed E-state index contributed by atoms with van der Waals surface area (Å²) in [6, 6.07) is 0. The molecule has 0 atom stereocenters. The van der Waals surface area contributed by atoms with Gasteiger partial charge in [0.15, 0.2) is 0 Å². The van der Waals surface area contributed by atoms with Crippen molar-refractivity contribution in [2.75, 3.05) is 6.61 Å². The zero-order valence-electron chi connectivity index (χ0n) is 9.09. The molecule has 0 bridgehead atoms. The number of alkyl halides is 3. The molecule has 0 saturated heterocycles. The molecule has 0 aromatic heterocycles. The van der Waals surface area contributed by atoms with E-state index in [0.29, 0.717) is 6.42 Å². The van der Waals surface area contributed by atoms with Gasteiger partial charge in [-0.3, -0.25) is 0 Å². The van der Waals surface area contributed by atoms with Crippen molar-refractivity contribution in [3.05, 3.63) is 24.3 Å². The number of carbonyl (C=O) groups excluding carboxylic acids is 1. The number of hydrogen-bond donors (Lipinski definition) is 0. The number of halogens is 3. The maximum Gasteiger partial charge on any atom is 0.490 e. The first-order valence-corrected chi connectivity index (χ1v) is 5.02. The number of esters is 1. The molecule has 0 rings (SSSR count). The second-order valence-corrected chi connectivity index (χ2v) is 3.01. The number of hydrogen-bond acceptors (Lipinski definition) is 2. The van der Waals surface area contributed by atoms with E-state index in [4.69, 9.17) is 0 Å². The Hall–Kier alpha value is -1.26. The third-order valence-corrected chi connectivity index (χ3v) is 1.59. The predicted molar refractivity (Wildman–Crippen MR) is 54.8 cm³/mol. The molecule has 0 aromatic rings. The van der Waals surface area contributed by atoms with Crippen LogP contribution in [-0.4, -0.2) is 18.8 Å². The lowest BCUT2D eigenvalue weighted by atomic mass is 10.3. The van der Waals surface area contributed by atoms with Crippen LogP contribution in [0, 0.1) is 0 Å². The van der Waals surface area contributed by atoms with Gasteiger partial charge in [-0.15, -0.1) is 0 Å². The highest BCUT2D eigenvalue weighted by molar-refractivity contribution is 5.75. The molecular formula is C11H15F3O2. The summed E-state index contributed by atoms with van der Waals surface area (Å²) in [6.07, 6.45) is 4.54. The number of rotatable bonds is 6. The van der Waals surface area contributed by atoms with Gasteiger partial charge in [0.05, 0.1) is 6.61 Å². The minimum Gasteiger partial charge on any atom is -0.459 e. The van der Waals surface area contributed by atoms with Crippen molar-refractivity contribution in [2.24, 2.45) is 0 Å². The first kappa shape index (κ1) is 14.7. The van der Waals surface area contributed by atoms with Crippen LogP contribution in [0.4, 0.5) is 13.2 Å². The van der Waals surface area contributed by atoms with E-state index in [1.165, 1.54) is 0 Å². The Bertz CT molecular complexity index is 254. The fourth-order valence-corrected chi connectivity index (χ4v) is 0.857. The van der Waals surface area contributed by atoms with Gasteiger partial charge >= 0.3 is 12.1 Å². The van der Waals surface area contributed by atoms with Gasteiger partial charge in [0.1, 0.15) is 0 Å². The van der Waals surface area contributed by atoms with Crippen LogP contribution in [-0.2, 0) is 9.53 Å². The molecule has 2 nitrogen and oxygen atoms in total. The standard InChI is InChI=1S/C11H15F3O2/c1-2-3-4-5-6-7-8-9-16-10(15)11(12,13)14/h3-4,6-7H,2,5,8-9H2,1H3/b4-3+,7-6+. The van der Waals surface area contributed by atoms with Crippen molar-refractivity contribution in [2.45, 2.75) is 32.4 Å². The van der Waals surface area contributed by atoms with Crippen molar-refractivity contribution < 1.29 is 22.7 Å². The summed E-state index contributed by atoms with van der Waals surface area (Å²) in [5.74, 6) is -2.13. The van der Waals surface area contributed by atoms with Crippen LogP contribution in [0.5, 0.6) is 0 Å². The van der Waals surface area contributed by atoms with E-state index < -0.39 is 12.1 Å². The summed E-state index contributed by atoms with van der Waals surface area (Å²) in [6.45, 7) is 1.77. The highest BCUT2D eigenvalue weighted by Crippen LogP contribution is 2.16. The summed E-state index contributed by atoms with van der Waals surface area (Å²) in [5.41, 5.74) is 0. The van der Waals surface area contributed by atoms with Crippen LogP contribution in [0.15, 0.2) is 24.3 Å². The maximum atomic E-state index is 11.7. The molecular weight excluding hydrogens is 221 g/mol. The van der Waals surface area contributed by atoms with Crippen LogP contribution < -0.4 is 0 Å². The number of carbonyl (C=O) groups is 1. The zero-order valence-corrected chi connectivity index (χ0v) is 9.09. The molecule has 0 N–H and O–H groups in total. The van der Waals surface area contributed by atoms with E-state index in [9.17, 15) is 18.0 Å². The highest BCUT2D eigenvalue weighted by Gasteiger charge is 2.40. The van der Waals surface area contributed by atoms with Gasteiger partial charge in [-0.05, 0) is 19.3 Å². The van der Waals surface area contributed by atoms with Gasteiger partial charge in [0.25, 0.3) is 0 Å². The lowest BCUT2D eigenvalue weighted by Gasteiger charge is -2.05. The minimum atomic E-state index is -4.90. The lowest BCUT2D eigenvalue weighted by molar-refractivity contribution is -0.199. The fraction of sp³-hybridized carbons (Fsp3) is 0.545. The SMILES string of the molecule is CC/C=C/C/C=C/CCOC(=O)C(F)(F)F. The molecule has 0 spiro atoms. The van der Waals surface area contributed by atoms with Crippen LogP contribution in [0.2, 0.25) is 0 Å². The smallest absolute Gasteiger partial charge is 0.459 e. The highest BCUT2D eigenvalue weighted by atomic mass is 19.4. The maximum absolute atomic E-state index is 11.7. The van der Waals surface area contributed by atoms with E-state index in [1.807, 2.05) is 25.2 Å². The van der Waals surface area contributed by atoms with Gasteiger partial charge in [-0.2, -0.15) is 13.2 Å². The number of ether oxygens (including phenoxy) is 1. The van der Waals surface area contributed by atoms with Gasteiger partial charge in [-0.1, -0.05) is 31.2 Å². The van der Waals surface area contributed by atoms with Crippen molar-refractivity contribution in [3.8, 4) is 0 Å². The monoisotopic (exact) mass is 236 g/mol. The first-order chi connectivity index (χ1) is 7.48. The molecule has 92 valence electrons. The molecule has 0 saturated carbocycles. The Kier molecular flexibility index (Phi) is 7.33. The third-order valence-electron chi connectivity index (χ3n) is 1.59. The van der Waals surface area contributed by atoms with Gasteiger partial charge < -0.3 is 4.74 Å². The molecule has 16 heavy (non-hydrogen) atoms. The van der Waals surface area contributed by atoms with E-state index in [1.54, 1.807) is 6.08 Å². The summed E-state index contributed by atoms with van der Waals surface area (Å²) in [4.78, 5) is 10.3. The normalized spacial score (nSPS) is 12.5. The largest absolute Gasteiger partial charge is 0.490 e. The lowest BCUT2D eigenvalue weighted by Crippen LogP contribution is -2.25. The molecule has 0 unspecified atom stereocenters. The molecule has 5 heteroatoms. The molecule has 0 aromatic carbocycles. The van der Waals surface area contributed by atoms with Gasteiger partial charge in [-0.25, -0.2) is 4.79 Å². The van der Waals surface area contributed by atoms with Crippen LogP contribution in [0.3, 0.4) is 0 Å². The third kappa shape index (κ3) is 8.08. The second kappa shape index (κ2) is 7.96. The van der Waals surface area contributed by atoms with Crippen LogP contribution in [0.25, 0.3) is 0 Å². The average molecular weight is 236 g/mol. The van der Waals surface area contributed by atoms with Crippen molar-refractivity contribution in [1.82, 2.24) is 0 Å². The fourth-order valence-electron chi connectivity index (χ4n) is 0.857. The molecule has 0 heterocycles. The van der Waals surface area contributed by atoms with Crippen molar-refractivity contribution in [1.29, 1.82) is 0 Å². The van der Waals surface area contributed by atoms with E-state index >= 15 is 0 Å². The van der Waals surface area contributed by atoms with E-state index in [2.05, 4.69) is 4.74 Å². The summed E-state index contributed by atoms with van der Waals surface area (Å²) < 4.78 is 39.0. The van der Waals surface area contributed by atoms with Crippen LogP contribution in [0.1, 0.15) is 26.2 Å². The Morgan fingerprint density at radius 2 is 1.81 bits per heavy atom. The summed E-state index contributed by atoms with van der Waals surface area (Å²) in [5, 5.41) is 0. The molecule has 0 fully saturated rings. The molecule has 0 aliphatic rings. The molecule has 0 amide bonds. The summed E-state index contributed by atoms with van der Waals surface area (Å²) >= 11 is 0. The van der Waals surface area contributed by atoms with Gasteiger partial charge in [0, 0.05) is 0 Å². The Labute approximate surface area is 92.8 Å². The second-order valence-electron chi connectivity index (χ2n) is 3.01. The van der Waals surface area contributed by atoms with Crippen LogP contribution >= 0.6 is 0 Å². The van der Waals surface area contributed by atoms with Crippen molar-refractivity contribution >= 4 is 5.97 Å². The predicted octanol–water partition coefficient (Wildman–Crippen LogP) is 3.39. The minimum absolute atomic E-state index is 0.244. The Morgan fingerprint density at radius 3 is 2.38 bits per heavy atom. The first-order valence-electron chi connectivity index (χ1n) is 5.02. The Balaban J connectivity index is 3.54. The molecule has 0 radical (unpaired) electrons. The van der Waals surface area contributed by atoms with E-state index in [0.717, 1.165) is 12.8 Å². The van der Waals surface area contributed by atoms with Gasteiger partial charge in [0.2, 0.25) is 0 Å². The molecule has 0 aliphatic carbocycles. The summed E-state index contributed by atoms with van der Waals surface area (Å²) in [7, 11) is 0. The quantitative estimate of drug-likeness (QED) is 0.401. The molecule has 0 aliphatic heterocycles. The Morgan fingerprint density at radius 1 is 1.19 bits per heavy atom. The number of allylic oxidation sites excluding steroid dienone is 3. The van der Waals surface area contributed by atoms with E-state index in [-0.39, 0.29) is 6.61 Å². The topological polar surface area (TPSA) is 26.3 Å². The van der Waals surface area contributed by atoms with Crippen molar-refractivity contribution in [3.63, 3.8) is 0 Å².